The van der Waals surface area contributed by atoms with Crippen molar-refractivity contribution in [3.8, 4) is 0 Å². The zero-order valence-corrected chi connectivity index (χ0v) is 14.8. The van der Waals surface area contributed by atoms with Crippen LogP contribution in [0.1, 0.15) is 60.3 Å². The molecule has 128 valence electrons. The van der Waals surface area contributed by atoms with E-state index >= 15 is 0 Å². The Morgan fingerprint density at radius 2 is 1.77 bits per heavy atom. The lowest BCUT2D eigenvalue weighted by atomic mass is 9.78. The Labute approximate surface area is 135 Å². The average molecular weight is 312 g/mol. The molecule has 0 aliphatic carbocycles. The van der Waals surface area contributed by atoms with E-state index in [1.54, 1.807) is 6.92 Å². The summed E-state index contributed by atoms with van der Waals surface area (Å²) >= 11 is 0. The molecule has 0 bridgehead atoms. The van der Waals surface area contributed by atoms with Crippen molar-refractivity contribution < 1.29 is 19.4 Å². The fraction of sp³-hybridized carbons (Fsp3) is 0.667. The van der Waals surface area contributed by atoms with Crippen LogP contribution in [0.4, 0.5) is 0 Å². The smallest absolute Gasteiger partial charge is 0.333 e. The van der Waals surface area contributed by atoms with E-state index in [0.717, 1.165) is 12.5 Å². The van der Waals surface area contributed by atoms with E-state index in [1.165, 1.54) is 19.3 Å². The third-order valence-electron chi connectivity index (χ3n) is 3.32. The first-order chi connectivity index (χ1) is 10.1. The second-order valence-corrected chi connectivity index (χ2v) is 6.48. The molecular weight excluding hydrogens is 280 g/mol. The lowest BCUT2D eigenvalue weighted by molar-refractivity contribution is -0.141. The van der Waals surface area contributed by atoms with Gasteiger partial charge >= 0.3 is 11.9 Å². The lowest BCUT2D eigenvalue weighted by Crippen LogP contribution is -2.26. The van der Waals surface area contributed by atoms with Gasteiger partial charge in [-0.3, -0.25) is 0 Å². The minimum Gasteiger partial charge on any atom is -0.478 e. The van der Waals surface area contributed by atoms with Crippen molar-refractivity contribution in [2.24, 2.45) is 11.3 Å². The van der Waals surface area contributed by atoms with Crippen LogP contribution in [0, 0.1) is 11.3 Å². The molecule has 0 amide bonds. The van der Waals surface area contributed by atoms with Gasteiger partial charge in [0.2, 0.25) is 0 Å². The monoisotopic (exact) mass is 312 g/mol. The largest absolute Gasteiger partial charge is 0.478 e. The first-order valence-electron chi connectivity index (χ1n) is 7.74. The number of aliphatic carboxylic acids is 1. The maximum Gasteiger partial charge on any atom is 0.333 e. The van der Waals surface area contributed by atoms with Crippen LogP contribution in [0.25, 0.3) is 0 Å². The van der Waals surface area contributed by atoms with Gasteiger partial charge in [0.05, 0.1) is 6.61 Å². The van der Waals surface area contributed by atoms with Gasteiger partial charge < -0.3 is 9.84 Å². The second-order valence-electron chi connectivity index (χ2n) is 6.48. The van der Waals surface area contributed by atoms with E-state index in [-0.39, 0.29) is 11.4 Å². The summed E-state index contributed by atoms with van der Waals surface area (Å²) in [5.41, 5.74) is 0.662. The minimum absolute atomic E-state index is 0.184. The van der Waals surface area contributed by atoms with Gasteiger partial charge in [-0.1, -0.05) is 60.1 Å². The number of unbranched alkanes of at least 4 members (excludes halogenated alkanes) is 2. The van der Waals surface area contributed by atoms with Crippen molar-refractivity contribution >= 4 is 11.9 Å². The molecule has 0 aliphatic heterocycles. The van der Waals surface area contributed by atoms with Gasteiger partial charge in [0, 0.05) is 11.6 Å². The molecule has 0 spiro atoms. The fourth-order valence-corrected chi connectivity index (χ4v) is 1.71. The number of hydrogen-bond donors (Lipinski definition) is 1. The second kappa shape index (κ2) is 12.0. The zero-order valence-electron chi connectivity index (χ0n) is 14.8. The topological polar surface area (TPSA) is 63.6 Å². The number of hydrogen-bond acceptors (Lipinski definition) is 3. The van der Waals surface area contributed by atoms with Gasteiger partial charge in [-0.05, 0) is 24.7 Å². The van der Waals surface area contributed by atoms with Crippen molar-refractivity contribution in [3.05, 3.63) is 24.8 Å². The fourth-order valence-electron chi connectivity index (χ4n) is 1.71. The molecule has 0 saturated carbocycles. The van der Waals surface area contributed by atoms with Gasteiger partial charge in [0.1, 0.15) is 0 Å². The Bertz CT molecular complexity index is 364. The normalized spacial score (nSPS) is 11.7. The molecule has 0 rings (SSSR count). The molecule has 1 unspecified atom stereocenters. The van der Waals surface area contributed by atoms with Crippen LogP contribution in [-0.2, 0) is 14.3 Å². The number of carbonyl (C=O) groups excluding carboxylic acids is 1. The molecule has 0 heterocycles. The molecule has 0 saturated heterocycles. The van der Waals surface area contributed by atoms with Crippen LogP contribution in [0.5, 0.6) is 0 Å². The molecular formula is C18H32O4. The number of carboxylic acids is 1. The van der Waals surface area contributed by atoms with Crippen molar-refractivity contribution in [2.45, 2.75) is 60.3 Å². The van der Waals surface area contributed by atoms with Gasteiger partial charge in [0.25, 0.3) is 0 Å². The Morgan fingerprint density at radius 3 is 2.09 bits per heavy atom. The average Bonchev–Trinajstić information content (AvgIpc) is 2.41. The summed E-state index contributed by atoms with van der Waals surface area (Å²) in [5, 5.41) is 7.60. The molecule has 4 heteroatoms. The van der Waals surface area contributed by atoms with Crippen LogP contribution in [0.2, 0.25) is 0 Å². The third kappa shape index (κ3) is 13.4. The molecule has 1 N–H and O–H groups in total. The SMILES string of the molecule is C=C(C)C(=O)OCC(CCCCC)C(C)(C)C.C=CC(=O)O. The molecule has 0 radical (unpaired) electrons. The van der Waals surface area contributed by atoms with E-state index in [1.807, 2.05) is 0 Å². The van der Waals surface area contributed by atoms with Crippen LogP contribution in [0.15, 0.2) is 24.8 Å². The highest BCUT2D eigenvalue weighted by Gasteiger charge is 2.25. The van der Waals surface area contributed by atoms with Crippen LogP contribution < -0.4 is 0 Å². The van der Waals surface area contributed by atoms with Gasteiger partial charge in [-0.15, -0.1) is 0 Å². The Hall–Kier alpha value is -1.58. The number of esters is 1. The molecule has 0 aliphatic rings. The van der Waals surface area contributed by atoms with E-state index in [0.29, 0.717) is 18.1 Å². The third-order valence-corrected chi connectivity index (χ3v) is 3.32. The Morgan fingerprint density at radius 1 is 1.27 bits per heavy atom. The number of carbonyl (C=O) groups is 2. The number of ether oxygens (including phenoxy) is 1. The van der Waals surface area contributed by atoms with Gasteiger partial charge in [-0.25, -0.2) is 9.59 Å². The molecule has 22 heavy (non-hydrogen) atoms. The van der Waals surface area contributed by atoms with E-state index in [9.17, 15) is 9.59 Å². The van der Waals surface area contributed by atoms with E-state index < -0.39 is 5.97 Å². The van der Waals surface area contributed by atoms with E-state index in [4.69, 9.17) is 9.84 Å². The van der Waals surface area contributed by atoms with E-state index in [2.05, 4.69) is 40.9 Å². The maximum absolute atomic E-state index is 11.4. The highest BCUT2D eigenvalue weighted by atomic mass is 16.5. The summed E-state index contributed by atoms with van der Waals surface area (Å²) in [4.78, 5) is 20.6. The maximum atomic E-state index is 11.4. The van der Waals surface area contributed by atoms with Crippen molar-refractivity contribution in [2.75, 3.05) is 6.61 Å². The summed E-state index contributed by atoms with van der Waals surface area (Å²) in [5.74, 6) is -0.822. The number of rotatable bonds is 8. The lowest BCUT2D eigenvalue weighted by Gasteiger charge is -2.30. The predicted molar refractivity (Wildman–Crippen MR) is 90.7 cm³/mol. The predicted octanol–water partition coefficient (Wildman–Crippen LogP) is 4.61. The van der Waals surface area contributed by atoms with Crippen LogP contribution in [-0.4, -0.2) is 23.7 Å². The Balaban J connectivity index is 0. The van der Waals surface area contributed by atoms with Crippen molar-refractivity contribution in [3.63, 3.8) is 0 Å². The molecule has 0 fully saturated rings. The molecule has 0 aromatic rings. The molecule has 0 aromatic carbocycles. The van der Waals surface area contributed by atoms with Gasteiger partial charge in [-0.2, -0.15) is 0 Å². The van der Waals surface area contributed by atoms with Crippen LogP contribution >= 0.6 is 0 Å². The summed E-state index contributed by atoms with van der Waals surface area (Å²) in [7, 11) is 0. The molecule has 0 aromatic heterocycles. The highest BCUT2D eigenvalue weighted by Crippen LogP contribution is 2.30. The summed E-state index contributed by atoms with van der Waals surface area (Å²) < 4.78 is 5.28. The summed E-state index contributed by atoms with van der Waals surface area (Å²) in [6.45, 7) is 17.6. The quantitative estimate of drug-likeness (QED) is 0.404. The summed E-state index contributed by atoms with van der Waals surface area (Å²) in [6, 6.07) is 0. The van der Waals surface area contributed by atoms with Crippen LogP contribution in [0.3, 0.4) is 0 Å². The number of carboxylic acid groups (broad SMARTS) is 1. The Kier molecular flexibility index (Phi) is 12.4. The summed E-state index contributed by atoms with van der Waals surface area (Å²) in [6.07, 6.45) is 5.65. The molecule has 1 atom stereocenters. The highest BCUT2D eigenvalue weighted by molar-refractivity contribution is 5.86. The standard InChI is InChI=1S/C15H28O2.C3H4O2/c1-7-8-9-10-13(15(4,5)6)11-17-14(16)12(2)3;1-2-3(4)5/h13H,2,7-11H2,1,3-6H3;2H,1H2,(H,4,5). The first-order valence-corrected chi connectivity index (χ1v) is 7.74. The van der Waals surface area contributed by atoms with Gasteiger partial charge in [0.15, 0.2) is 0 Å². The zero-order chi connectivity index (χ0) is 17.8. The van der Waals surface area contributed by atoms with Crippen molar-refractivity contribution in [1.29, 1.82) is 0 Å². The minimum atomic E-state index is -0.981. The molecule has 4 nitrogen and oxygen atoms in total. The first kappa shape index (κ1) is 22.7. The van der Waals surface area contributed by atoms with Crippen molar-refractivity contribution in [1.82, 2.24) is 0 Å².